The van der Waals surface area contributed by atoms with E-state index in [0.29, 0.717) is 32.6 Å². The first-order chi connectivity index (χ1) is 13.6. The fourth-order valence-electron chi connectivity index (χ4n) is 4.10. The molecule has 156 valence electrons. The van der Waals surface area contributed by atoms with Gasteiger partial charge in [-0.1, -0.05) is 6.07 Å². The smallest absolute Gasteiger partial charge is 0.224 e. The summed E-state index contributed by atoms with van der Waals surface area (Å²) in [6, 6.07) is 6.09. The van der Waals surface area contributed by atoms with Crippen LogP contribution in [0.15, 0.2) is 18.2 Å². The first-order valence-electron chi connectivity index (χ1n) is 10.1. The highest BCUT2D eigenvalue weighted by Gasteiger charge is 2.24. The Balaban J connectivity index is 1.51. The van der Waals surface area contributed by atoms with Gasteiger partial charge in [0.05, 0.1) is 19.3 Å². The molecule has 28 heavy (non-hydrogen) atoms. The number of hydrogen-bond donors (Lipinski definition) is 4. The second kappa shape index (κ2) is 10.2. The molecule has 0 aliphatic carbocycles. The van der Waals surface area contributed by atoms with Crippen LogP contribution in [0.3, 0.4) is 0 Å². The second-order valence-corrected chi connectivity index (χ2v) is 7.54. The van der Waals surface area contributed by atoms with Gasteiger partial charge in [-0.3, -0.25) is 14.6 Å². The zero-order valence-electron chi connectivity index (χ0n) is 16.4. The highest BCUT2D eigenvalue weighted by atomic mass is 16.3. The summed E-state index contributed by atoms with van der Waals surface area (Å²) in [5.41, 5.74) is 3.36. The van der Waals surface area contributed by atoms with Crippen LogP contribution in [-0.4, -0.2) is 103 Å². The molecule has 0 spiro atoms. The number of aliphatic hydroxyl groups is 3. The third kappa shape index (κ3) is 5.42. The lowest BCUT2D eigenvalue weighted by molar-refractivity contribution is -0.116. The Labute approximate surface area is 166 Å². The molecule has 2 aliphatic rings. The van der Waals surface area contributed by atoms with Gasteiger partial charge in [-0.15, -0.1) is 0 Å². The number of hydrogen-bond acceptors (Lipinski definition) is 7. The summed E-state index contributed by atoms with van der Waals surface area (Å²) in [4.78, 5) is 18.1. The topological polar surface area (TPSA) is 99.5 Å². The van der Waals surface area contributed by atoms with Crippen molar-refractivity contribution >= 4 is 17.3 Å². The Hall–Kier alpha value is -1.71. The number of piperazine rings is 1. The van der Waals surface area contributed by atoms with E-state index in [1.54, 1.807) is 0 Å². The molecule has 8 heteroatoms. The van der Waals surface area contributed by atoms with Crippen molar-refractivity contribution in [3.8, 4) is 0 Å². The number of nitrogens with one attached hydrogen (secondary N) is 1. The number of β-amino-alcohol motifs (C(OH)–C–C–N with tert-alkyl or cyclic N) is 1. The molecule has 1 saturated heterocycles. The molecule has 1 atom stereocenters. The molecule has 1 aromatic carbocycles. The van der Waals surface area contributed by atoms with Crippen LogP contribution in [0.5, 0.6) is 0 Å². The molecule has 2 heterocycles. The first kappa shape index (κ1) is 21.0. The Kier molecular flexibility index (Phi) is 7.64. The number of carbonyl (C=O) groups excluding carboxylic acids is 1. The fourth-order valence-corrected chi connectivity index (χ4v) is 4.10. The van der Waals surface area contributed by atoms with E-state index in [0.717, 1.165) is 38.3 Å². The van der Waals surface area contributed by atoms with Crippen LogP contribution in [0.4, 0.5) is 11.4 Å². The van der Waals surface area contributed by atoms with Gasteiger partial charge in [-0.2, -0.15) is 0 Å². The molecule has 0 aromatic heterocycles. The van der Waals surface area contributed by atoms with Crippen LogP contribution >= 0.6 is 0 Å². The van der Waals surface area contributed by atoms with Gasteiger partial charge in [-0.25, -0.2) is 0 Å². The zero-order chi connectivity index (χ0) is 19.9. The third-order valence-electron chi connectivity index (χ3n) is 5.51. The van der Waals surface area contributed by atoms with Crippen molar-refractivity contribution in [2.75, 3.05) is 75.8 Å². The Bertz CT molecular complexity index is 643. The average Bonchev–Trinajstić information content (AvgIpc) is 2.68. The van der Waals surface area contributed by atoms with E-state index in [4.69, 9.17) is 10.2 Å². The van der Waals surface area contributed by atoms with Crippen molar-refractivity contribution in [2.24, 2.45) is 0 Å². The highest BCUT2D eigenvalue weighted by molar-refractivity contribution is 5.95. The van der Waals surface area contributed by atoms with Gasteiger partial charge in [0, 0.05) is 70.2 Å². The average molecular weight is 393 g/mol. The SMILES string of the molecule is O=C1CCc2c(cccc2N2CCN(CC(O)CN(CCO)CCO)CC2)N1. The molecule has 4 N–H and O–H groups in total. The molecule has 1 unspecified atom stereocenters. The number of nitrogens with zero attached hydrogens (tertiary/aromatic N) is 3. The summed E-state index contributed by atoms with van der Waals surface area (Å²) in [6.45, 7) is 5.50. The Morgan fingerprint density at radius 1 is 1.07 bits per heavy atom. The molecule has 1 fully saturated rings. The van der Waals surface area contributed by atoms with Gasteiger partial charge in [0.2, 0.25) is 5.91 Å². The summed E-state index contributed by atoms with van der Waals surface area (Å²) < 4.78 is 0. The lowest BCUT2D eigenvalue weighted by atomic mass is 10.00. The minimum Gasteiger partial charge on any atom is -0.395 e. The van der Waals surface area contributed by atoms with Gasteiger partial charge < -0.3 is 25.5 Å². The maximum absolute atomic E-state index is 11.6. The lowest BCUT2D eigenvalue weighted by Gasteiger charge is -2.38. The number of benzene rings is 1. The van der Waals surface area contributed by atoms with E-state index >= 15 is 0 Å². The maximum atomic E-state index is 11.6. The molecule has 0 bridgehead atoms. The maximum Gasteiger partial charge on any atom is 0.224 e. The third-order valence-corrected chi connectivity index (χ3v) is 5.51. The minimum atomic E-state index is -0.510. The molecule has 0 saturated carbocycles. The molecule has 3 rings (SSSR count). The van der Waals surface area contributed by atoms with Crippen LogP contribution in [0.25, 0.3) is 0 Å². The molecule has 0 radical (unpaired) electrons. The van der Waals surface area contributed by atoms with Crippen molar-refractivity contribution < 1.29 is 20.1 Å². The summed E-state index contributed by atoms with van der Waals surface area (Å²) >= 11 is 0. The standard InChI is InChI=1S/C20H32N4O4/c25-12-10-23(11-13-26)15-16(27)14-22-6-8-24(9-7-22)19-3-1-2-18-17(19)4-5-20(28)21-18/h1-3,16,25-27H,4-15H2,(H,21,28). The quantitative estimate of drug-likeness (QED) is 0.443. The van der Waals surface area contributed by atoms with Crippen LogP contribution < -0.4 is 10.2 Å². The summed E-state index contributed by atoms with van der Waals surface area (Å²) in [6.07, 6.45) is 0.806. The predicted octanol–water partition coefficient (Wildman–Crippen LogP) is -0.659. The fraction of sp³-hybridized carbons (Fsp3) is 0.650. The number of fused-ring (bicyclic) bond motifs is 1. The summed E-state index contributed by atoms with van der Waals surface area (Å²) in [5, 5.41) is 31.5. The number of anilines is 2. The lowest BCUT2D eigenvalue weighted by Crippen LogP contribution is -2.50. The molecular formula is C20H32N4O4. The second-order valence-electron chi connectivity index (χ2n) is 7.54. The van der Waals surface area contributed by atoms with Crippen LogP contribution in [0.2, 0.25) is 0 Å². The minimum absolute atomic E-state index is 0.0211. The van der Waals surface area contributed by atoms with Crippen molar-refractivity contribution in [2.45, 2.75) is 18.9 Å². The molecule has 1 aromatic rings. The van der Waals surface area contributed by atoms with Crippen molar-refractivity contribution in [3.05, 3.63) is 23.8 Å². The summed E-state index contributed by atoms with van der Waals surface area (Å²) in [7, 11) is 0. The van der Waals surface area contributed by atoms with Crippen molar-refractivity contribution in [1.82, 2.24) is 9.80 Å². The molecule has 1 amide bonds. The van der Waals surface area contributed by atoms with E-state index in [1.165, 1.54) is 11.3 Å². The molecule has 2 aliphatic heterocycles. The van der Waals surface area contributed by atoms with E-state index in [1.807, 2.05) is 17.0 Å². The highest BCUT2D eigenvalue weighted by Crippen LogP contribution is 2.32. The van der Waals surface area contributed by atoms with Gasteiger partial charge in [0.1, 0.15) is 0 Å². The van der Waals surface area contributed by atoms with Gasteiger partial charge in [0.25, 0.3) is 0 Å². The van der Waals surface area contributed by atoms with E-state index < -0.39 is 6.10 Å². The first-order valence-corrected chi connectivity index (χ1v) is 10.1. The normalized spacial score (nSPS) is 18.9. The van der Waals surface area contributed by atoms with E-state index in [9.17, 15) is 9.90 Å². The number of aliphatic hydroxyl groups excluding tert-OH is 3. The van der Waals surface area contributed by atoms with Crippen LogP contribution in [0.1, 0.15) is 12.0 Å². The number of carbonyl (C=O) groups is 1. The van der Waals surface area contributed by atoms with Crippen LogP contribution in [0, 0.1) is 0 Å². The zero-order valence-corrected chi connectivity index (χ0v) is 16.4. The van der Waals surface area contributed by atoms with Gasteiger partial charge in [-0.05, 0) is 24.1 Å². The molecule has 8 nitrogen and oxygen atoms in total. The van der Waals surface area contributed by atoms with Crippen molar-refractivity contribution in [3.63, 3.8) is 0 Å². The number of rotatable bonds is 9. The monoisotopic (exact) mass is 392 g/mol. The Morgan fingerprint density at radius 3 is 2.46 bits per heavy atom. The van der Waals surface area contributed by atoms with Crippen LogP contribution in [-0.2, 0) is 11.2 Å². The number of amides is 1. The largest absolute Gasteiger partial charge is 0.395 e. The van der Waals surface area contributed by atoms with E-state index in [-0.39, 0.29) is 19.1 Å². The van der Waals surface area contributed by atoms with Gasteiger partial charge >= 0.3 is 0 Å². The van der Waals surface area contributed by atoms with Gasteiger partial charge in [0.15, 0.2) is 0 Å². The van der Waals surface area contributed by atoms with E-state index in [2.05, 4.69) is 21.2 Å². The Morgan fingerprint density at radius 2 is 1.79 bits per heavy atom. The predicted molar refractivity (Wildman–Crippen MR) is 109 cm³/mol. The van der Waals surface area contributed by atoms with Crippen molar-refractivity contribution in [1.29, 1.82) is 0 Å². The summed E-state index contributed by atoms with van der Waals surface area (Å²) in [5.74, 6) is 0.0832. The molecular weight excluding hydrogens is 360 g/mol.